The number of hydrogen-bond donors (Lipinski definition) is 13. The van der Waals surface area contributed by atoms with Crippen molar-refractivity contribution in [3.8, 4) is 46.0 Å². The number of rotatable bonds is 10. The average molecular weight is 1810 g/mol. The fourth-order valence-electron chi connectivity index (χ4n) is 23.4. The number of aryl methyl sites for hydroxylation is 5. The number of ether oxygens (including phenoxy) is 4. The molecule has 0 bridgehead atoms. The number of hydrogen-bond acceptors (Lipinski definition) is 21. The zero-order valence-corrected chi connectivity index (χ0v) is 74.1. The van der Waals surface area contributed by atoms with Crippen LogP contribution in [0.15, 0.2) is 102 Å². The summed E-state index contributed by atoms with van der Waals surface area (Å²) in [6, 6.07) is 16.9. The monoisotopic (exact) mass is 1810 g/mol. The number of nitrogens with one attached hydrogen (secondary N) is 8. The van der Waals surface area contributed by atoms with E-state index in [1.165, 1.54) is 41.1 Å². The fraction of sp³-hybridized carbons (Fsp3) is 0.289. The molecule has 6 aliphatic heterocycles. The molecule has 674 valence electrons. The van der Waals surface area contributed by atoms with Crippen molar-refractivity contribution in [3.63, 3.8) is 0 Å². The molecule has 6 fully saturated rings. The van der Waals surface area contributed by atoms with Crippen LogP contribution in [0.4, 0.5) is 21.9 Å². The zero-order chi connectivity index (χ0) is 93.2. The molecule has 14 heterocycles. The van der Waals surface area contributed by atoms with Gasteiger partial charge in [0.25, 0.3) is 29.5 Å². The van der Waals surface area contributed by atoms with Gasteiger partial charge in [0.05, 0.1) is 90.3 Å². The topological polar surface area (TPSA) is 494 Å². The fourth-order valence-corrected chi connectivity index (χ4v) is 23.8. The number of ketones is 3. The number of aromatic hydroxyl groups is 4. The number of piperidine rings is 3. The highest BCUT2D eigenvalue weighted by Gasteiger charge is 2.71. The minimum absolute atomic E-state index is 0.0267. The second-order valence-corrected chi connectivity index (χ2v) is 36.9. The number of thioether (sulfide) groups is 1. The number of nitrogens with zero attached hydrogens (tertiary/aromatic N) is 6. The molecular formula is C97H85N15O20S. The first-order chi connectivity index (χ1) is 63.8. The number of allylic oxidation sites excluding steroid dienone is 6. The van der Waals surface area contributed by atoms with Crippen molar-refractivity contribution in [2.75, 3.05) is 88.7 Å². The number of carbonyl (C=O) groups excluding carboxylic acids is 12. The molecule has 25 rings (SSSR count). The first-order valence-corrected chi connectivity index (χ1v) is 44.5. The van der Waals surface area contributed by atoms with Gasteiger partial charge in [0.15, 0.2) is 34.5 Å². The summed E-state index contributed by atoms with van der Waals surface area (Å²) in [5.41, 5.74) is 23.5. The Kier molecular flexibility index (Phi) is 18.0. The summed E-state index contributed by atoms with van der Waals surface area (Å²) >= 11 is 1.10. The van der Waals surface area contributed by atoms with Gasteiger partial charge in [-0.15, -0.1) is 0 Å². The van der Waals surface area contributed by atoms with Crippen LogP contribution in [0.2, 0.25) is 0 Å². The summed E-state index contributed by atoms with van der Waals surface area (Å²) in [5, 5.41) is 47.7. The van der Waals surface area contributed by atoms with E-state index < -0.39 is 17.4 Å². The number of aromatic nitrogens is 8. The van der Waals surface area contributed by atoms with Crippen LogP contribution in [-0.2, 0) is 45.1 Å². The summed E-state index contributed by atoms with van der Waals surface area (Å²) in [6.07, 6.45) is 12.6. The van der Waals surface area contributed by atoms with Crippen LogP contribution in [0, 0.1) is 52.4 Å². The second-order valence-electron chi connectivity index (χ2n) is 36.1. The Bertz CT molecular complexity index is 7770. The Balaban J connectivity index is 0.000000118. The number of phenols is 4. The lowest BCUT2D eigenvalue weighted by molar-refractivity contribution is -0.191. The second kappa shape index (κ2) is 28.9. The number of methoxy groups -OCH3 is 4. The lowest BCUT2D eigenvalue weighted by atomic mass is 9.83. The predicted molar refractivity (Wildman–Crippen MR) is 484 cm³/mol. The molecule has 0 radical (unpaired) electrons. The van der Waals surface area contributed by atoms with Crippen molar-refractivity contribution in [2.45, 2.75) is 89.4 Å². The Morgan fingerprint density at radius 1 is 0.451 bits per heavy atom. The quantitative estimate of drug-likeness (QED) is 0.0605. The molecule has 6 aliphatic carbocycles. The Morgan fingerprint density at radius 2 is 0.887 bits per heavy atom. The van der Waals surface area contributed by atoms with Crippen molar-refractivity contribution < 1.29 is 96.9 Å². The number of likely N-dealkylation sites (tertiary alicyclic amines) is 3. The SMILES string of the molecule is COc1c(O)c2c(c3cc(C(=O)N4CCc5c4c(O)c(C)c4[nH]c(C(=O)N6C[C@H]7CC78C6=CC(=O)c6[nH]cc(C)c68)cc54)[nH]c13)CCN2C(N)=O.COc1cc2[nH]c(C(=O)N3C[C@H]4CC45C3=CC(=O)c3[nH]c(C(=O)N4CCc6c4c(O)c(C)c4[nH]c(C(=O)SC)cc64)cc35)cc2cc1O.COc1cc2cc(C(=O)N3C[C@H]4CC45C3=CC(=O)c3[nH]c(C)cc35)[nH]c2c(C)c1OC.O=C=O. The number of phenolic OH excluding ortho intramolecular Hbond substituents is 4. The van der Waals surface area contributed by atoms with Gasteiger partial charge in [0.1, 0.15) is 40.0 Å². The number of primary amides is 1. The van der Waals surface area contributed by atoms with Crippen LogP contribution >= 0.6 is 11.8 Å². The zero-order valence-electron chi connectivity index (χ0n) is 73.3. The molecule has 14 N–H and O–H groups in total. The highest BCUT2D eigenvalue weighted by molar-refractivity contribution is 8.13. The first kappa shape index (κ1) is 82.9. The van der Waals surface area contributed by atoms with Gasteiger partial charge in [0, 0.05) is 158 Å². The minimum atomic E-state index is -0.703. The summed E-state index contributed by atoms with van der Waals surface area (Å²) in [6.45, 7) is 11.8. The van der Waals surface area contributed by atoms with E-state index in [1.807, 2.05) is 39.1 Å². The largest absolute Gasteiger partial charge is 0.505 e. The van der Waals surface area contributed by atoms with E-state index in [9.17, 15) is 68.4 Å². The smallest absolute Gasteiger partial charge is 0.373 e. The normalized spacial score (nSPS) is 21.0. The lowest BCUT2D eigenvalue weighted by Crippen LogP contribution is -2.34. The van der Waals surface area contributed by atoms with E-state index in [1.54, 1.807) is 97.6 Å². The van der Waals surface area contributed by atoms with Gasteiger partial charge >= 0.3 is 12.2 Å². The van der Waals surface area contributed by atoms with Crippen molar-refractivity contribution in [1.29, 1.82) is 0 Å². The Hall–Kier alpha value is -15.7. The lowest BCUT2D eigenvalue weighted by Gasteiger charge is -2.28. The van der Waals surface area contributed by atoms with E-state index in [-0.39, 0.29) is 140 Å². The molecule has 6 atom stereocenters. The molecule has 12 aliphatic rings. The van der Waals surface area contributed by atoms with Crippen LogP contribution < -0.4 is 39.4 Å². The Morgan fingerprint density at radius 3 is 1.43 bits per heavy atom. The molecular weight excluding hydrogens is 1730 g/mol. The summed E-state index contributed by atoms with van der Waals surface area (Å²) < 4.78 is 21.6. The van der Waals surface area contributed by atoms with Gasteiger partial charge < -0.3 is 109 Å². The summed E-state index contributed by atoms with van der Waals surface area (Å²) in [4.78, 5) is 185. The number of fused-ring (bicyclic) bond motifs is 14. The number of nitrogens with two attached hydrogens (primary N) is 1. The average Bonchev–Trinajstić information content (AvgIpc) is 1.50. The maximum Gasteiger partial charge on any atom is 0.373 e. The first-order valence-electron chi connectivity index (χ1n) is 43.3. The number of anilines is 3. The standard InChI is InChI=1S/C37H33N7O7.C35H29N5O7S.C24H23N3O4.CO2/c1-14-12-39-28-23(45)10-24-37(25(14)28)11-16(37)13-44(24)35(49)22-8-19-17-4-6-42(29(17)31(46)15(2)26(19)40-22)34(48)21-9-20-18-5-7-43(36(38)50)30(18)32(47)33(51-3)27(20)41-21;1-14-28-18(8-23(38-28)34(46)48-3)17-4-5-39(30(17)31(14)43)32(44)22-9-19-29(37-22)25(42)11-27-35(19)12-16(35)13-40(27)33(45)21-6-15-7-24(41)26(47-2)10-20(15)36-21;1-11-5-15-21(25-11)17(28)8-19-24(15)9-14(24)10-27(19)23(29)16-6-13-7-18(30-3)22(31-4)12(2)20(13)26-16;2-1-3/h8-10,12,16,39-41,46-47H,4-7,11,13H2,1-3H3,(H2,38,50);6-11,16,36-38,41,43H,4-5,12-13H2,1-3H3;5-8,14,25-26H,9-10H2,1-4H3;/t16-,37?;16-,35?;14-,24?;/m111./s1. The van der Waals surface area contributed by atoms with Crippen LogP contribution in [0.1, 0.15) is 175 Å². The van der Waals surface area contributed by atoms with Crippen LogP contribution in [0.3, 0.4) is 0 Å². The maximum absolute atomic E-state index is 14.2. The van der Waals surface area contributed by atoms with Crippen molar-refractivity contribution in [1.82, 2.24) is 54.6 Å². The molecule has 35 nitrogen and oxygen atoms in total. The minimum Gasteiger partial charge on any atom is -0.505 e. The molecule has 7 amide bonds. The third-order valence-corrected chi connectivity index (χ3v) is 30.3. The molecule has 5 aromatic carbocycles. The van der Waals surface area contributed by atoms with Gasteiger partial charge in [-0.3, -0.25) is 48.1 Å². The van der Waals surface area contributed by atoms with Crippen LogP contribution in [-0.4, -0.2) is 213 Å². The van der Waals surface area contributed by atoms with Crippen LogP contribution in [0.25, 0.3) is 54.5 Å². The number of aromatic amines is 8. The van der Waals surface area contributed by atoms with Crippen molar-refractivity contribution >= 4 is 148 Å². The molecule has 36 heteroatoms. The maximum atomic E-state index is 14.2. The molecule has 13 aromatic rings. The molecule has 3 saturated heterocycles. The third kappa shape index (κ3) is 11.4. The van der Waals surface area contributed by atoms with Gasteiger partial charge in [-0.05, 0) is 191 Å². The van der Waals surface area contributed by atoms with E-state index in [0.717, 1.165) is 103 Å². The Labute approximate surface area is 757 Å². The summed E-state index contributed by atoms with van der Waals surface area (Å²) in [5.74, 6) is 0.0253. The highest BCUT2D eigenvalue weighted by atomic mass is 32.2. The number of amides is 7. The number of H-pyrrole nitrogens is 8. The van der Waals surface area contributed by atoms with Gasteiger partial charge in [-0.1, -0.05) is 11.8 Å². The molecule has 133 heavy (non-hydrogen) atoms. The van der Waals surface area contributed by atoms with Crippen molar-refractivity contribution in [3.05, 3.63) is 215 Å². The third-order valence-electron chi connectivity index (χ3n) is 29.7. The van der Waals surface area contributed by atoms with Gasteiger partial charge in [-0.2, -0.15) is 9.59 Å². The van der Waals surface area contributed by atoms with E-state index in [2.05, 4.69) is 45.9 Å². The summed E-state index contributed by atoms with van der Waals surface area (Å²) in [7, 11) is 6.04. The van der Waals surface area contributed by atoms with E-state index in [4.69, 9.17) is 34.3 Å². The molecule has 3 saturated carbocycles. The van der Waals surface area contributed by atoms with Gasteiger partial charge in [0.2, 0.25) is 22.5 Å². The predicted octanol–water partition coefficient (Wildman–Crippen LogP) is 12.1. The van der Waals surface area contributed by atoms with E-state index >= 15 is 0 Å². The van der Waals surface area contributed by atoms with Crippen LogP contribution in [0.5, 0.6) is 46.0 Å². The number of carbonyl (C=O) groups is 10. The van der Waals surface area contributed by atoms with Gasteiger partial charge in [-0.25, -0.2) is 4.79 Å². The molecule has 8 aromatic heterocycles. The van der Waals surface area contributed by atoms with E-state index in [0.29, 0.717) is 175 Å². The molecule has 3 spiro atoms. The highest BCUT2D eigenvalue weighted by Crippen LogP contribution is 2.70. The number of urea groups is 1. The van der Waals surface area contributed by atoms with Crippen molar-refractivity contribution in [2.24, 2.45) is 23.5 Å². The number of benzene rings is 5. The molecule has 3 unspecified atom stereocenters.